The summed E-state index contributed by atoms with van der Waals surface area (Å²) in [7, 11) is -3.51. The second kappa shape index (κ2) is 39.9. The maximum absolute atomic E-state index is 6.75. The van der Waals surface area contributed by atoms with Crippen molar-refractivity contribution >= 4 is 95.3 Å². The van der Waals surface area contributed by atoms with E-state index in [4.69, 9.17) is 22.1 Å². The van der Waals surface area contributed by atoms with Crippen molar-refractivity contribution in [1.82, 2.24) is 0 Å². The zero-order chi connectivity index (χ0) is 57.1. The third-order valence-corrected chi connectivity index (χ3v) is 23.7. The van der Waals surface area contributed by atoms with Crippen LogP contribution in [0.5, 0.6) is 0 Å². The molecule has 0 bridgehead atoms. The minimum absolute atomic E-state index is 0. The standard InChI is InChI=1S/4C18H15P.2Ag.2N3/c4*1-4-10-16(11-5-1)19(17-12-6-2-7-13-17)18-14-8-3-9-15-18;;;2*1-3-2/h4*1-15H;;;;/q;;;;2*+1;2*-1/p+4. The number of hydrogen-bond donors (Lipinski definition) is 0. The Kier molecular flexibility index (Phi) is 31.9. The van der Waals surface area contributed by atoms with Gasteiger partial charge in [-0.25, -0.2) is 0 Å². The van der Waals surface area contributed by atoms with Gasteiger partial charge in [-0.1, -0.05) is 218 Å². The number of hydrogen-bond acceptors (Lipinski definition) is 0. The van der Waals surface area contributed by atoms with E-state index in [1.54, 1.807) is 0 Å². The van der Waals surface area contributed by atoms with Crippen molar-refractivity contribution in [2.75, 3.05) is 0 Å². The Morgan fingerprint density at radius 2 is 0.202 bits per heavy atom. The first-order valence-corrected chi connectivity index (χ1v) is 32.7. The molecule has 0 radical (unpaired) electrons. The first kappa shape index (κ1) is 67.3. The Bertz CT molecular complexity index is 2810. The molecule has 0 amide bonds. The van der Waals surface area contributed by atoms with Crippen LogP contribution in [0.15, 0.2) is 364 Å². The van der Waals surface area contributed by atoms with Crippen LogP contribution in [0.4, 0.5) is 0 Å². The van der Waals surface area contributed by atoms with E-state index >= 15 is 0 Å². The summed E-state index contributed by atoms with van der Waals surface area (Å²) < 4.78 is 0. The SMILES string of the molecule is [Ag+].[Ag+].[N-]=[N+]=[N-].[N-]=[N+]=[N-].c1ccc([PH+](c2ccccc2)c2ccccc2)cc1.c1ccc([PH+](c2ccccc2)c2ccccc2)cc1.c1ccc([PH+](c2ccccc2)c2ccccc2)cc1.c1ccc([PH+](c2ccccc2)c2ccccc2)cc1. The van der Waals surface area contributed by atoms with Gasteiger partial charge in [0.15, 0.2) is 0 Å². The molecule has 0 saturated heterocycles. The summed E-state index contributed by atoms with van der Waals surface area (Å²) >= 11 is 0. The van der Waals surface area contributed by atoms with Crippen LogP contribution in [-0.2, 0) is 44.8 Å². The smallest absolute Gasteiger partial charge is 0.373 e. The minimum atomic E-state index is -0.877. The quantitative estimate of drug-likeness (QED) is 0.0381. The van der Waals surface area contributed by atoms with Crippen LogP contribution in [-0.4, -0.2) is 0 Å². The van der Waals surface area contributed by atoms with Crippen molar-refractivity contribution < 1.29 is 44.8 Å². The Hall–Kier alpha value is -7.54. The van der Waals surface area contributed by atoms with Crippen molar-refractivity contribution in [3.05, 3.63) is 396 Å². The van der Waals surface area contributed by atoms with Crippen LogP contribution in [0.3, 0.4) is 0 Å². The molecule has 0 saturated carbocycles. The van der Waals surface area contributed by atoms with E-state index in [0.717, 1.165) is 0 Å². The minimum Gasteiger partial charge on any atom is -0.373 e. The first-order chi connectivity index (χ1) is 40.6. The van der Waals surface area contributed by atoms with E-state index in [0.29, 0.717) is 0 Å². The van der Waals surface area contributed by atoms with Gasteiger partial charge in [0.1, 0.15) is 63.7 Å². The van der Waals surface area contributed by atoms with E-state index < -0.39 is 31.7 Å². The summed E-state index contributed by atoms with van der Waals surface area (Å²) in [6, 6.07) is 130. The number of nitrogens with zero attached hydrogens (tertiary/aromatic N) is 6. The molecule has 0 aromatic heterocycles. The molecule has 0 fully saturated rings. The van der Waals surface area contributed by atoms with Crippen LogP contribution in [0, 0.1) is 0 Å². The molecule has 12 heteroatoms. The van der Waals surface area contributed by atoms with Gasteiger partial charge < -0.3 is 22.1 Å². The summed E-state index contributed by atoms with van der Waals surface area (Å²) in [6.07, 6.45) is 0. The van der Waals surface area contributed by atoms with Crippen LogP contribution >= 0.6 is 31.7 Å². The van der Waals surface area contributed by atoms with Crippen LogP contribution in [0.25, 0.3) is 31.9 Å². The molecule has 0 unspecified atom stereocenters. The average molecular weight is 1350 g/mol. The van der Waals surface area contributed by atoms with E-state index in [1.165, 1.54) is 73.5 Å². The summed E-state index contributed by atoms with van der Waals surface area (Å²) in [5, 5.41) is 17.2. The van der Waals surface area contributed by atoms with Gasteiger partial charge in [-0.3, -0.25) is 9.82 Å². The average Bonchev–Trinajstić information content (AvgIpc) is 3.68. The summed E-state index contributed by atoms with van der Waals surface area (Å²) in [6.45, 7) is 0. The van der Waals surface area contributed by atoms with E-state index in [9.17, 15) is 0 Å². The molecule has 0 N–H and O–H groups in total. The molecular weight excluding hydrogens is 1290 g/mol. The van der Waals surface area contributed by atoms with Gasteiger partial charge in [0.2, 0.25) is 0 Å². The van der Waals surface area contributed by atoms with Crippen LogP contribution < -0.4 is 63.7 Å². The predicted octanol–water partition coefficient (Wildman–Crippen LogP) is 14.4. The Morgan fingerprint density at radius 3 is 0.262 bits per heavy atom. The third-order valence-electron chi connectivity index (χ3n) is 12.7. The third kappa shape index (κ3) is 21.6. The second-order valence-electron chi connectivity index (χ2n) is 18.1. The molecule has 84 heavy (non-hydrogen) atoms. The van der Waals surface area contributed by atoms with Crippen molar-refractivity contribution in [2.45, 2.75) is 0 Å². The summed E-state index contributed by atoms with van der Waals surface area (Å²) in [5.41, 5.74) is 27.0. The van der Waals surface area contributed by atoms with E-state index in [2.05, 4.69) is 364 Å². The molecular formula is C72H64Ag2N6P4+4. The van der Waals surface area contributed by atoms with Crippen molar-refractivity contribution in [3.63, 3.8) is 0 Å². The molecule has 12 aromatic carbocycles. The molecule has 0 aliphatic rings. The van der Waals surface area contributed by atoms with Gasteiger partial charge >= 0.3 is 44.8 Å². The summed E-state index contributed by atoms with van der Waals surface area (Å²) in [4.78, 5) is 3.00. The molecule has 0 atom stereocenters. The zero-order valence-electron chi connectivity index (χ0n) is 45.9. The fraction of sp³-hybridized carbons (Fsp3) is 0. The predicted molar refractivity (Wildman–Crippen MR) is 366 cm³/mol. The van der Waals surface area contributed by atoms with Gasteiger partial charge in [0.05, 0.1) is 31.7 Å². The largest absolute Gasteiger partial charge is 1.00 e. The molecule has 12 aromatic rings. The Labute approximate surface area is 531 Å². The van der Waals surface area contributed by atoms with Gasteiger partial charge in [-0.05, 0) is 146 Å². The van der Waals surface area contributed by atoms with E-state index in [-0.39, 0.29) is 44.8 Å². The summed E-state index contributed by atoms with van der Waals surface area (Å²) in [5.74, 6) is 0. The van der Waals surface area contributed by atoms with Gasteiger partial charge in [-0.15, -0.1) is 0 Å². The van der Waals surface area contributed by atoms with Gasteiger partial charge in [-0.2, -0.15) is 0 Å². The Morgan fingerprint density at radius 1 is 0.143 bits per heavy atom. The molecule has 6 nitrogen and oxygen atoms in total. The molecule has 0 aliphatic carbocycles. The Balaban J connectivity index is 0.000000197. The van der Waals surface area contributed by atoms with Crippen LogP contribution in [0.1, 0.15) is 0 Å². The van der Waals surface area contributed by atoms with Crippen LogP contribution in [0.2, 0.25) is 0 Å². The maximum atomic E-state index is 6.75. The maximum Gasteiger partial charge on any atom is 1.00 e. The number of benzene rings is 12. The number of rotatable bonds is 12. The topological polar surface area (TPSA) is 117 Å². The molecule has 12 rings (SSSR count). The monoisotopic (exact) mass is 1350 g/mol. The first-order valence-electron chi connectivity index (χ1n) is 26.7. The fourth-order valence-electron chi connectivity index (χ4n) is 9.26. The fourth-order valence-corrected chi connectivity index (χ4v) is 19.6. The zero-order valence-corrected chi connectivity index (χ0v) is 52.9. The molecule has 0 heterocycles. The molecule has 0 spiro atoms. The normalized spacial score (nSPS) is 9.76. The molecule has 420 valence electrons. The van der Waals surface area contributed by atoms with Crippen molar-refractivity contribution in [1.29, 1.82) is 0 Å². The second-order valence-corrected chi connectivity index (χ2v) is 28.0. The van der Waals surface area contributed by atoms with Gasteiger partial charge in [0, 0.05) is 0 Å². The molecule has 0 aliphatic heterocycles. The van der Waals surface area contributed by atoms with Gasteiger partial charge in [0.25, 0.3) is 0 Å². The van der Waals surface area contributed by atoms with Crippen molar-refractivity contribution in [2.24, 2.45) is 0 Å². The van der Waals surface area contributed by atoms with Crippen molar-refractivity contribution in [3.8, 4) is 0 Å². The van der Waals surface area contributed by atoms with E-state index in [1.807, 2.05) is 0 Å².